The Labute approximate surface area is 53.4 Å². The van der Waals surface area contributed by atoms with Crippen molar-refractivity contribution >= 4 is 23.2 Å². The van der Waals surface area contributed by atoms with Crippen LogP contribution in [0.2, 0.25) is 0 Å². The fraction of sp³-hybridized carbons (Fsp3) is 0.200. The van der Waals surface area contributed by atoms with Gasteiger partial charge in [-0.25, -0.2) is 0 Å². The lowest BCUT2D eigenvalue weighted by atomic mass is 10.4. The maximum Gasteiger partial charge on any atom is 0.109 e. The second kappa shape index (κ2) is 3.11. The third kappa shape index (κ3) is 2.72. The van der Waals surface area contributed by atoms with Gasteiger partial charge in [0.05, 0.1) is 0 Å². The highest BCUT2D eigenvalue weighted by atomic mass is 35.5. The Hall–Kier alpha value is 0.0600. The van der Waals surface area contributed by atoms with E-state index in [9.17, 15) is 0 Å². The normalized spacial score (nSPS) is 7.86. The average Bonchev–Trinajstić information content (AvgIpc) is 1.65. The first kappa shape index (κ1) is 7.06. The van der Waals surface area contributed by atoms with Crippen LogP contribution in [0.5, 0.6) is 0 Å². The number of allylic oxidation sites excluding steroid dienone is 2. The summed E-state index contributed by atoms with van der Waals surface area (Å²) in [6, 6.07) is 0. The van der Waals surface area contributed by atoms with Crippen molar-refractivity contribution in [2.45, 2.75) is 6.92 Å². The summed E-state index contributed by atoms with van der Waals surface area (Å²) in [5.41, 5.74) is 0.809. The average molecular weight is 137 g/mol. The zero-order valence-corrected chi connectivity index (χ0v) is 5.55. The molecule has 0 radical (unpaired) electrons. The van der Waals surface area contributed by atoms with Crippen LogP contribution in [-0.2, 0) is 0 Å². The molecule has 0 saturated heterocycles. The van der Waals surface area contributed by atoms with Crippen LogP contribution in [-0.4, -0.2) is 0 Å². The van der Waals surface area contributed by atoms with E-state index in [1.54, 1.807) is 13.0 Å². The van der Waals surface area contributed by atoms with Crippen LogP contribution in [0, 0.1) is 0 Å². The summed E-state index contributed by atoms with van der Waals surface area (Å²) < 4.78 is 0.287. The van der Waals surface area contributed by atoms with E-state index in [1.807, 2.05) is 0 Å². The Morgan fingerprint density at radius 3 is 2.00 bits per heavy atom. The Balaban J connectivity index is 3.98. The molecule has 0 aromatic rings. The molecule has 0 bridgehead atoms. The molecule has 0 N–H and O–H groups in total. The van der Waals surface area contributed by atoms with E-state index in [-0.39, 0.29) is 4.49 Å². The predicted octanol–water partition coefficient (Wildman–Crippen LogP) is 2.88. The molecular weight excluding hydrogens is 131 g/mol. The van der Waals surface area contributed by atoms with Crippen molar-refractivity contribution in [1.82, 2.24) is 0 Å². The molecule has 0 amide bonds. The molecule has 0 aliphatic rings. The molecule has 0 heterocycles. The summed E-state index contributed by atoms with van der Waals surface area (Å²) in [5.74, 6) is 0. The van der Waals surface area contributed by atoms with Crippen LogP contribution in [0.1, 0.15) is 6.92 Å². The van der Waals surface area contributed by atoms with Crippen LogP contribution >= 0.6 is 23.2 Å². The standard InChI is InChI=1S/C5H6Cl2/c1-3-4(2)5(6)7/h3H,1H2,2H3. The van der Waals surface area contributed by atoms with Crippen LogP contribution in [0.15, 0.2) is 22.7 Å². The topological polar surface area (TPSA) is 0 Å². The first-order chi connectivity index (χ1) is 3.18. The lowest BCUT2D eigenvalue weighted by Gasteiger charge is -1.85. The van der Waals surface area contributed by atoms with Crippen LogP contribution in [0.4, 0.5) is 0 Å². The number of hydrogen-bond donors (Lipinski definition) is 0. The van der Waals surface area contributed by atoms with Gasteiger partial charge < -0.3 is 0 Å². The van der Waals surface area contributed by atoms with Crippen LogP contribution < -0.4 is 0 Å². The van der Waals surface area contributed by atoms with Crippen LogP contribution in [0.25, 0.3) is 0 Å². The molecule has 0 saturated carbocycles. The van der Waals surface area contributed by atoms with E-state index in [4.69, 9.17) is 23.2 Å². The van der Waals surface area contributed by atoms with Gasteiger partial charge in [0.2, 0.25) is 0 Å². The van der Waals surface area contributed by atoms with Gasteiger partial charge in [0.25, 0.3) is 0 Å². The van der Waals surface area contributed by atoms with E-state index in [2.05, 4.69) is 6.58 Å². The summed E-state index contributed by atoms with van der Waals surface area (Å²) in [7, 11) is 0. The zero-order valence-electron chi connectivity index (χ0n) is 4.04. The van der Waals surface area contributed by atoms with E-state index >= 15 is 0 Å². The Bertz CT molecular complexity index is 98.6. The first-order valence-corrected chi connectivity index (χ1v) is 2.58. The van der Waals surface area contributed by atoms with Crippen LogP contribution in [0.3, 0.4) is 0 Å². The largest absolute Gasteiger partial charge is 0.109 e. The number of halogens is 2. The lowest BCUT2D eigenvalue weighted by molar-refractivity contribution is 1.55. The summed E-state index contributed by atoms with van der Waals surface area (Å²) in [4.78, 5) is 0. The molecule has 7 heavy (non-hydrogen) atoms. The number of rotatable bonds is 1. The van der Waals surface area contributed by atoms with Gasteiger partial charge >= 0.3 is 0 Å². The predicted molar refractivity (Wildman–Crippen MR) is 34.6 cm³/mol. The highest BCUT2D eigenvalue weighted by Crippen LogP contribution is 2.12. The smallest absolute Gasteiger partial charge is 0.0987 e. The van der Waals surface area contributed by atoms with Crippen molar-refractivity contribution in [3.8, 4) is 0 Å². The summed E-state index contributed by atoms with van der Waals surface area (Å²) in [5, 5.41) is 0. The molecule has 0 unspecified atom stereocenters. The van der Waals surface area contributed by atoms with Crippen molar-refractivity contribution in [3.05, 3.63) is 22.7 Å². The molecule has 0 spiro atoms. The second-order valence-electron chi connectivity index (χ2n) is 1.15. The van der Waals surface area contributed by atoms with Gasteiger partial charge in [-0.2, -0.15) is 0 Å². The molecule has 0 rings (SSSR count). The zero-order chi connectivity index (χ0) is 5.86. The SMILES string of the molecule is C=CC(C)=C(Cl)Cl. The Kier molecular flexibility index (Phi) is 3.14. The molecule has 0 aliphatic carbocycles. The van der Waals surface area contributed by atoms with Gasteiger partial charge in [0.1, 0.15) is 4.49 Å². The Morgan fingerprint density at radius 1 is 1.57 bits per heavy atom. The monoisotopic (exact) mass is 136 g/mol. The molecule has 40 valence electrons. The highest BCUT2D eigenvalue weighted by Gasteiger charge is 1.85. The fourth-order valence-corrected chi connectivity index (χ4v) is 0.231. The minimum atomic E-state index is 0.287. The molecule has 0 atom stereocenters. The maximum atomic E-state index is 5.30. The van der Waals surface area contributed by atoms with E-state index in [0.717, 1.165) is 5.57 Å². The lowest BCUT2D eigenvalue weighted by Crippen LogP contribution is -1.62. The minimum Gasteiger partial charge on any atom is -0.0987 e. The summed E-state index contributed by atoms with van der Waals surface area (Å²) >= 11 is 10.6. The second-order valence-corrected chi connectivity index (χ2v) is 2.10. The highest BCUT2D eigenvalue weighted by molar-refractivity contribution is 6.56. The first-order valence-electron chi connectivity index (χ1n) is 1.82. The molecule has 0 aliphatic heterocycles. The van der Waals surface area contributed by atoms with Gasteiger partial charge in [-0.3, -0.25) is 0 Å². The van der Waals surface area contributed by atoms with Gasteiger partial charge in [0.15, 0.2) is 0 Å². The molecule has 0 aromatic heterocycles. The Morgan fingerprint density at radius 2 is 2.00 bits per heavy atom. The fourth-order valence-electron chi connectivity index (χ4n) is 0.0772. The molecule has 2 heteroatoms. The van der Waals surface area contributed by atoms with Gasteiger partial charge in [-0.1, -0.05) is 35.9 Å². The van der Waals surface area contributed by atoms with E-state index in [0.29, 0.717) is 0 Å². The van der Waals surface area contributed by atoms with Crippen molar-refractivity contribution in [1.29, 1.82) is 0 Å². The number of hydrogen-bond acceptors (Lipinski definition) is 0. The molecule has 0 nitrogen and oxygen atoms in total. The van der Waals surface area contributed by atoms with Crippen molar-refractivity contribution < 1.29 is 0 Å². The van der Waals surface area contributed by atoms with Crippen molar-refractivity contribution in [3.63, 3.8) is 0 Å². The third-order valence-electron chi connectivity index (χ3n) is 0.604. The van der Waals surface area contributed by atoms with Crippen molar-refractivity contribution in [2.24, 2.45) is 0 Å². The minimum absolute atomic E-state index is 0.287. The summed E-state index contributed by atoms with van der Waals surface area (Å²) in [6.07, 6.45) is 1.61. The van der Waals surface area contributed by atoms with E-state index < -0.39 is 0 Å². The van der Waals surface area contributed by atoms with Gasteiger partial charge in [-0.05, 0) is 12.5 Å². The summed E-state index contributed by atoms with van der Waals surface area (Å²) in [6.45, 7) is 5.25. The van der Waals surface area contributed by atoms with Gasteiger partial charge in [-0.15, -0.1) is 0 Å². The molecule has 0 fully saturated rings. The molecule has 0 aromatic carbocycles. The molecular formula is C5H6Cl2. The maximum absolute atomic E-state index is 5.30. The van der Waals surface area contributed by atoms with E-state index in [1.165, 1.54) is 0 Å². The third-order valence-corrected chi connectivity index (χ3v) is 1.20. The van der Waals surface area contributed by atoms with Crippen molar-refractivity contribution in [2.75, 3.05) is 0 Å². The van der Waals surface area contributed by atoms with Gasteiger partial charge in [0, 0.05) is 0 Å². The quantitative estimate of drug-likeness (QED) is 0.487.